The molecule has 2 atom stereocenters. The summed E-state index contributed by atoms with van der Waals surface area (Å²) in [6.07, 6.45) is 2.39. The molecule has 0 amide bonds. The predicted octanol–water partition coefficient (Wildman–Crippen LogP) is 0.427. The third-order valence-corrected chi connectivity index (χ3v) is 5.21. The van der Waals surface area contributed by atoms with Crippen LogP contribution in [-0.4, -0.2) is 37.3 Å². The molecule has 1 fully saturated rings. The highest BCUT2D eigenvalue weighted by Gasteiger charge is 2.28. The van der Waals surface area contributed by atoms with E-state index in [0.29, 0.717) is 18.2 Å². The van der Waals surface area contributed by atoms with Crippen molar-refractivity contribution in [3.8, 4) is 0 Å². The minimum Gasteiger partial charge on any atom is -0.315 e. The van der Waals surface area contributed by atoms with Crippen LogP contribution >= 0.6 is 12.4 Å². The van der Waals surface area contributed by atoms with E-state index in [0.717, 1.165) is 13.0 Å². The molecule has 0 bridgehead atoms. The quantitative estimate of drug-likeness (QED) is 0.849. The second-order valence-corrected chi connectivity index (χ2v) is 6.60. The van der Waals surface area contributed by atoms with E-state index in [-0.39, 0.29) is 23.3 Å². The number of sulfonamides is 1. The first-order valence-electron chi connectivity index (χ1n) is 6.13. The van der Waals surface area contributed by atoms with E-state index in [1.807, 2.05) is 0 Å². The summed E-state index contributed by atoms with van der Waals surface area (Å²) in [4.78, 5) is 0.266. The molecule has 1 aromatic rings. The summed E-state index contributed by atoms with van der Waals surface area (Å²) in [5, 5.41) is 7.19. The third-order valence-electron chi connectivity index (χ3n) is 3.61. The van der Waals surface area contributed by atoms with Gasteiger partial charge < -0.3 is 5.32 Å². The molecule has 2 heterocycles. The molecule has 8 heteroatoms. The predicted molar refractivity (Wildman–Crippen MR) is 76.0 cm³/mol. The van der Waals surface area contributed by atoms with E-state index in [1.54, 1.807) is 18.7 Å². The van der Waals surface area contributed by atoms with Crippen LogP contribution in [0.25, 0.3) is 0 Å². The molecule has 19 heavy (non-hydrogen) atoms. The lowest BCUT2D eigenvalue weighted by Crippen LogP contribution is -2.50. The average Bonchev–Trinajstić information content (AvgIpc) is 2.63. The van der Waals surface area contributed by atoms with Crippen molar-refractivity contribution < 1.29 is 8.42 Å². The van der Waals surface area contributed by atoms with E-state index in [4.69, 9.17) is 0 Å². The molecule has 2 unspecified atom stereocenters. The van der Waals surface area contributed by atoms with Gasteiger partial charge in [-0.25, -0.2) is 13.1 Å². The fraction of sp³-hybridized carbons (Fsp3) is 0.727. The normalized spacial score (nSPS) is 23.9. The standard InChI is InChI=1S/C11H20N4O2S.ClH/c1-8-4-5-12-6-10(8)14-18(16,17)11-7-13-15(3)9(11)2;/h7-8,10,12,14H,4-6H2,1-3H3;1H. The van der Waals surface area contributed by atoms with E-state index in [2.05, 4.69) is 22.1 Å². The molecule has 1 saturated heterocycles. The summed E-state index contributed by atoms with van der Waals surface area (Å²) in [7, 11) is -1.74. The Labute approximate surface area is 120 Å². The summed E-state index contributed by atoms with van der Waals surface area (Å²) in [6, 6.07) is -0.0524. The van der Waals surface area contributed by atoms with Crippen LogP contribution in [0.4, 0.5) is 0 Å². The van der Waals surface area contributed by atoms with Crippen molar-refractivity contribution in [3.63, 3.8) is 0 Å². The second kappa shape index (κ2) is 6.21. The molecule has 0 aliphatic carbocycles. The highest BCUT2D eigenvalue weighted by Crippen LogP contribution is 2.17. The molecule has 1 aliphatic rings. The zero-order valence-corrected chi connectivity index (χ0v) is 13.0. The van der Waals surface area contributed by atoms with Gasteiger partial charge in [-0.2, -0.15) is 5.10 Å². The minimum absolute atomic E-state index is 0. The molecule has 1 aromatic heterocycles. The fourth-order valence-electron chi connectivity index (χ4n) is 2.15. The largest absolute Gasteiger partial charge is 0.315 e. The van der Waals surface area contributed by atoms with Gasteiger partial charge in [-0.1, -0.05) is 6.92 Å². The maximum Gasteiger partial charge on any atom is 0.244 e. The number of halogens is 1. The lowest BCUT2D eigenvalue weighted by atomic mass is 9.96. The Morgan fingerprint density at radius 2 is 2.21 bits per heavy atom. The fourth-order valence-corrected chi connectivity index (χ4v) is 3.70. The average molecular weight is 309 g/mol. The van der Waals surface area contributed by atoms with Gasteiger partial charge in [0, 0.05) is 19.6 Å². The molecular weight excluding hydrogens is 288 g/mol. The molecule has 0 saturated carbocycles. The lowest BCUT2D eigenvalue weighted by molar-refractivity contribution is 0.327. The maximum atomic E-state index is 12.3. The molecule has 110 valence electrons. The van der Waals surface area contributed by atoms with Crippen molar-refractivity contribution >= 4 is 22.4 Å². The monoisotopic (exact) mass is 308 g/mol. The van der Waals surface area contributed by atoms with Crippen LogP contribution in [0.15, 0.2) is 11.1 Å². The van der Waals surface area contributed by atoms with Gasteiger partial charge in [0.05, 0.1) is 11.9 Å². The van der Waals surface area contributed by atoms with Crippen LogP contribution in [0.3, 0.4) is 0 Å². The van der Waals surface area contributed by atoms with Crippen molar-refractivity contribution in [2.45, 2.75) is 31.2 Å². The number of piperidine rings is 1. The van der Waals surface area contributed by atoms with Crippen molar-refractivity contribution in [2.24, 2.45) is 13.0 Å². The number of aromatic nitrogens is 2. The lowest BCUT2D eigenvalue weighted by Gasteiger charge is -2.29. The SMILES string of the molecule is Cc1c(S(=O)(=O)NC2CNCCC2C)cnn1C.Cl. The molecule has 0 spiro atoms. The Bertz CT molecular complexity index is 529. The first-order chi connectivity index (χ1) is 8.42. The highest BCUT2D eigenvalue weighted by atomic mass is 35.5. The summed E-state index contributed by atoms with van der Waals surface area (Å²) >= 11 is 0. The van der Waals surface area contributed by atoms with Gasteiger partial charge in [-0.05, 0) is 25.8 Å². The summed E-state index contributed by atoms with van der Waals surface area (Å²) < 4.78 is 28.9. The molecule has 0 radical (unpaired) electrons. The Balaban J connectivity index is 0.00000180. The van der Waals surface area contributed by atoms with E-state index in [1.165, 1.54) is 6.20 Å². The Morgan fingerprint density at radius 1 is 1.53 bits per heavy atom. The second-order valence-electron chi connectivity index (χ2n) is 4.92. The van der Waals surface area contributed by atoms with Gasteiger partial charge in [0.25, 0.3) is 0 Å². The maximum absolute atomic E-state index is 12.3. The smallest absolute Gasteiger partial charge is 0.244 e. The van der Waals surface area contributed by atoms with E-state index < -0.39 is 10.0 Å². The zero-order valence-electron chi connectivity index (χ0n) is 11.4. The Kier molecular flexibility index (Phi) is 5.37. The molecule has 2 rings (SSSR count). The van der Waals surface area contributed by atoms with Crippen molar-refractivity contribution in [1.82, 2.24) is 19.8 Å². The first kappa shape index (κ1) is 16.4. The molecule has 0 aromatic carbocycles. The van der Waals surface area contributed by atoms with Crippen LogP contribution < -0.4 is 10.0 Å². The summed E-state index contributed by atoms with van der Waals surface area (Å²) in [5.74, 6) is 0.345. The number of rotatable bonds is 3. The van der Waals surface area contributed by atoms with Gasteiger partial charge >= 0.3 is 0 Å². The van der Waals surface area contributed by atoms with Gasteiger partial charge in [0.1, 0.15) is 4.90 Å². The molecule has 6 nitrogen and oxygen atoms in total. The third kappa shape index (κ3) is 3.47. The number of hydrogen-bond acceptors (Lipinski definition) is 4. The summed E-state index contributed by atoms with van der Waals surface area (Å²) in [6.45, 7) is 5.46. The van der Waals surface area contributed by atoms with Crippen molar-refractivity contribution in [2.75, 3.05) is 13.1 Å². The van der Waals surface area contributed by atoms with Crippen LogP contribution in [-0.2, 0) is 17.1 Å². The highest BCUT2D eigenvalue weighted by molar-refractivity contribution is 7.89. The van der Waals surface area contributed by atoms with Crippen LogP contribution in [0.5, 0.6) is 0 Å². The van der Waals surface area contributed by atoms with Crippen LogP contribution in [0.1, 0.15) is 19.0 Å². The van der Waals surface area contributed by atoms with Gasteiger partial charge in [-0.3, -0.25) is 4.68 Å². The van der Waals surface area contributed by atoms with Gasteiger partial charge in [-0.15, -0.1) is 12.4 Å². The van der Waals surface area contributed by atoms with E-state index in [9.17, 15) is 8.42 Å². The van der Waals surface area contributed by atoms with Crippen molar-refractivity contribution in [3.05, 3.63) is 11.9 Å². The Hall–Kier alpha value is -0.630. The van der Waals surface area contributed by atoms with Crippen LogP contribution in [0.2, 0.25) is 0 Å². The summed E-state index contributed by atoms with van der Waals surface area (Å²) in [5.41, 5.74) is 0.652. The van der Waals surface area contributed by atoms with Crippen molar-refractivity contribution in [1.29, 1.82) is 0 Å². The number of nitrogens with zero attached hydrogens (tertiary/aromatic N) is 2. The molecular formula is C11H21ClN4O2S. The number of hydrogen-bond donors (Lipinski definition) is 2. The molecule has 1 aliphatic heterocycles. The van der Waals surface area contributed by atoms with Crippen LogP contribution in [0, 0.1) is 12.8 Å². The van der Waals surface area contributed by atoms with Gasteiger partial charge in [0.2, 0.25) is 10.0 Å². The Morgan fingerprint density at radius 3 is 2.74 bits per heavy atom. The number of nitrogens with one attached hydrogen (secondary N) is 2. The first-order valence-corrected chi connectivity index (χ1v) is 7.62. The topological polar surface area (TPSA) is 76.0 Å². The zero-order chi connectivity index (χ0) is 13.3. The minimum atomic E-state index is -3.48. The van der Waals surface area contributed by atoms with Gasteiger partial charge in [0.15, 0.2) is 0 Å². The molecule has 2 N–H and O–H groups in total. The van der Waals surface area contributed by atoms with E-state index >= 15 is 0 Å². The number of aryl methyl sites for hydroxylation is 1.